The molecule has 1 unspecified atom stereocenters. The SMILES string of the molecule is CC(O)C(=O)N1CCN(C(=O)CCc2ccccc2Cl)CC1. The number of carbonyl (C=O) groups is 2. The molecule has 1 fully saturated rings. The maximum absolute atomic E-state index is 12.2. The van der Waals surface area contributed by atoms with Crippen LogP contribution in [0.15, 0.2) is 24.3 Å². The predicted molar refractivity (Wildman–Crippen MR) is 84.6 cm³/mol. The number of hydrogen-bond acceptors (Lipinski definition) is 3. The lowest BCUT2D eigenvalue weighted by molar-refractivity contribution is -0.144. The van der Waals surface area contributed by atoms with Crippen LogP contribution in [0.2, 0.25) is 5.02 Å². The molecule has 0 saturated carbocycles. The van der Waals surface area contributed by atoms with Crippen molar-refractivity contribution in [2.45, 2.75) is 25.9 Å². The van der Waals surface area contributed by atoms with Gasteiger partial charge in [0.15, 0.2) is 0 Å². The van der Waals surface area contributed by atoms with Crippen molar-refractivity contribution in [3.8, 4) is 0 Å². The van der Waals surface area contributed by atoms with E-state index in [9.17, 15) is 14.7 Å². The van der Waals surface area contributed by atoms with Crippen LogP contribution in [-0.4, -0.2) is 59.0 Å². The number of halogens is 1. The highest BCUT2D eigenvalue weighted by atomic mass is 35.5. The highest BCUT2D eigenvalue weighted by molar-refractivity contribution is 6.31. The molecule has 1 N–H and O–H groups in total. The summed E-state index contributed by atoms with van der Waals surface area (Å²) in [6.45, 7) is 3.44. The van der Waals surface area contributed by atoms with Gasteiger partial charge in [-0.25, -0.2) is 0 Å². The minimum atomic E-state index is -0.984. The summed E-state index contributed by atoms with van der Waals surface area (Å²) < 4.78 is 0. The Hall–Kier alpha value is -1.59. The van der Waals surface area contributed by atoms with Gasteiger partial charge in [-0.15, -0.1) is 0 Å². The highest BCUT2D eigenvalue weighted by Gasteiger charge is 2.25. The molecule has 120 valence electrons. The van der Waals surface area contributed by atoms with Crippen molar-refractivity contribution in [1.29, 1.82) is 0 Å². The van der Waals surface area contributed by atoms with Gasteiger partial charge in [-0.1, -0.05) is 29.8 Å². The maximum Gasteiger partial charge on any atom is 0.251 e. The van der Waals surface area contributed by atoms with E-state index >= 15 is 0 Å². The Bertz CT molecular complexity index is 540. The Balaban J connectivity index is 1.80. The molecule has 1 saturated heterocycles. The van der Waals surface area contributed by atoms with Gasteiger partial charge in [0, 0.05) is 37.6 Å². The number of piperazine rings is 1. The summed E-state index contributed by atoms with van der Waals surface area (Å²) in [6, 6.07) is 7.52. The topological polar surface area (TPSA) is 60.9 Å². The molecule has 2 amide bonds. The van der Waals surface area contributed by atoms with E-state index < -0.39 is 6.10 Å². The van der Waals surface area contributed by atoms with Gasteiger partial charge in [0.25, 0.3) is 5.91 Å². The van der Waals surface area contributed by atoms with E-state index in [4.69, 9.17) is 11.6 Å². The second-order valence-corrected chi connectivity index (χ2v) is 5.88. The molecule has 0 aromatic heterocycles. The monoisotopic (exact) mass is 324 g/mol. The minimum absolute atomic E-state index is 0.0732. The second kappa shape index (κ2) is 7.61. The lowest BCUT2D eigenvalue weighted by Crippen LogP contribution is -2.52. The van der Waals surface area contributed by atoms with Crippen molar-refractivity contribution < 1.29 is 14.7 Å². The van der Waals surface area contributed by atoms with Crippen molar-refractivity contribution in [3.05, 3.63) is 34.9 Å². The number of benzene rings is 1. The van der Waals surface area contributed by atoms with Gasteiger partial charge in [-0.2, -0.15) is 0 Å². The van der Waals surface area contributed by atoms with Crippen molar-refractivity contribution in [2.75, 3.05) is 26.2 Å². The molecule has 0 aliphatic carbocycles. The van der Waals surface area contributed by atoms with Crippen LogP contribution in [0.3, 0.4) is 0 Å². The molecule has 1 aliphatic heterocycles. The lowest BCUT2D eigenvalue weighted by Gasteiger charge is -2.35. The number of aryl methyl sites for hydroxylation is 1. The summed E-state index contributed by atoms with van der Waals surface area (Å²) in [5.74, 6) is -0.202. The third kappa shape index (κ3) is 4.21. The molecule has 1 aromatic rings. The fraction of sp³-hybridized carbons (Fsp3) is 0.500. The molecule has 0 radical (unpaired) electrons. The van der Waals surface area contributed by atoms with Crippen LogP contribution in [0.5, 0.6) is 0 Å². The molecule has 0 bridgehead atoms. The van der Waals surface area contributed by atoms with Crippen molar-refractivity contribution in [2.24, 2.45) is 0 Å². The average Bonchev–Trinajstić information content (AvgIpc) is 2.53. The van der Waals surface area contributed by atoms with Crippen LogP contribution in [0.4, 0.5) is 0 Å². The van der Waals surface area contributed by atoms with Gasteiger partial charge in [0.05, 0.1) is 0 Å². The summed E-state index contributed by atoms with van der Waals surface area (Å²) in [5, 5.41) is 9.98. The molecule has 0 spiro atoms. The van der Waals surface area contributed by atoms with Gasteiger partial charge in [-0.3, -0.25) is 9.59 Å². The van der Waals surface area contributed by atoms with Gasteiger partial charge < -0.3 is 14.9 Å². The van der Waals surface area contributed by atoms with E-state index in [1.807, 2.05) is 24.3 Å². The summed E-state index contributed by atoms with van der Waals surface area (Å²) >= 11 is 6.08. The fourth-order valence-electron chi connectivity index (χ4n) is 2.54. The summed E-state index contributed by atoms with van der Waals surface area (Å²) in [5.41, 5.74) is 0.973. The number of aliphatic hydroxyl groups excluding tert-OH is 1. The lowest BCUT2D eigenvalue weighted by atomic mass is 10.1. The van der Waals surface area contributed by atoms with Crippen LogP contribution in [-0.2, 0) is 16.0 Å². The number of hydrogen-bond donors (Lipinski definition) is 1. The number of rotatable bonds is 4. The fourth-order valence-corrected chi connectivity index (χ4v) is 2.77. The van der Waals surface area contributed by atoms with Crippen LogP contribution in [0.1, 0.15) is 18.9 Å². The second-order valence-electron chi connectivity index (χ2n) is 5.47. The van der Waals surface area contributed by atoms with Crippen LogP contribution in [0, 0.1) is 0 Å². The van der Waals surface area contributed by atoms with Gasteiger partial charge >= 0.3 is 0 Å². The first-order valence-electron chi connectivity index (χ1n) is 7.47. The molecule has 1 aromatic carbocycles. The van der Waals surface area contributed by atoms with Crippen molar-refractivity contribution in [1.82, 2.24) is 9.80 Å². The van der Waals surface area contributed by atoms with Crippen molar-refractivity contribution >= 4 is 23.4 Å². The molecule has 1 atom stereocenters. The zero-order chi connectivity index (χ0) is 16.1. The third-order valence-corrected chi connectivity index (χ3v) is 4.24. The quantitative estimate of drug-likeness (QED) is 0.909. The molecule has 5 nitrogen and oxygen atoms in total. The predicted octanol–water partition coefficient (Wildman–Crippen LogP) is 1.32. The molecule has 22 heavy (non-hydrogen) atoms. The Morgan fingerprint density at radius 1 is 1.18 bits per heavy atom. The first kappa shape index (κ1) is 16.8. The largest absolute Gasteiger partial charge is 0.384 e. The zero-order valence-electron chi connectivity index (χ0n) is 12.7. The molecular formula is C16H21ClN2O3. The molecule has 1 aliphatic rings. The molecule has 2 rings (SSSR count). The summed E-state index contributed by atoms with van der Waals surface area (Å²) in [7, 11) is 0. The van der Waals surface area contributed by atoms with Gasteiger partial charge in [-0.05, 0) is 25.0 Å². The normalized spacial score (nSPS) is 16.5. The Morgan fingerprint density at radius 3 is 2.36 bits per heavy atom. The van der Waals surface area contributed by atoms with E-state index in [2.05, 4.69) is 0 Å². The van der Waals surface area contributed by atoms with E-state index in [1.165, 1.54) is 6.92 Å². The summed E-state index contributed by atoms with van der Waals surface area (Å²) in [4.78, 5) is 27.3. The van der Waals surface area contributed by atoms with Crippen molar-refractivity contribution in [3.63, 3.8) is 0 Å². The average molecular weight is 325 g/mol. The molecule has 6 heteroatoms. The van der Waals surface area contributed by atoms with E-state index in [1.54, 1.807) is 9.80 Å². The standard InChI is InChI=1S/C16H21ClN2O3/c1-12(20)16(22)19-10-8-18(9-11-19)15(21)7-6-13-4-2-3-5-14(13)17/h2-5,12,20H,6-11H2,1H3. The summed E-state index contributed by atoms with van der Waals surface area (Å²) in [6.07, 6.45) is 0.0434. The maximum atomic E-state index is 12.2. The molecule has 1 heterocycles. The van der Waals surface area contributed by atoms with E-state index in [0.29, 0.717) is 44.0 Å². The zero-order valence-corrected chi connectivity index (χ0v) is 13.4. The first-order valence-corrected chi connectivity index (χ1v) is 7.85. The number of nitrogens with zero attached hydrogens (tertiary/aromatic N) is 2. The van der Waals surface area contributed by atoms with E-state index in [-0.39, 0.29) is 11.8 Å². The van der Waals surface area contributed by atoms with Crippen LogP contribution >= 0.6 is 11.6 Å². The number of aliphatic hydroxyl groups is 1. The van der Waals surface area contributed by atoms with E-state index in [0.717, 1.165) is 5.56 Å². The Labute approximate surface area is 135 Å². The number of amides is 2. The Kier molecular flexibility index (Phi) is 5.80. The van der Waals surface area contributed by atoms with Crippen LogP contribution in [0.25, 0.3) is 0 Å². The highest BCUT2D eigenvalue weighted by Crippen LogP contribution is 2.17. The molecular weight excluding hydrogens is 304 g/mol. The van der Waals surface area contributed by atoms with Gasteiger partial charge in [0.1, 0.15) is 6.10 Å². The van der Waals surface area contributed by atoms with Gasteiger partial charge in [0.2, 0.25) is 5.91 Å². The first-order chi connectivity index (χ1) is 10.5. The van der Waals surface area contributed by atoms with Crippen LogP contribution < -0.4 is 0 Å². The smallest absolute Gasteiger partial charge is 0.251 e. The third-order valence-electron chi connectivity index (χ3n) is 3.87. The Morgan fingerprint density at radius 2 is 1.77 bits per heavy atom. The minimum Gasteiger partial charge on any atom is -0.384 e. The number of carbonyl (C=O) groups excluding carboxylic acids is 2.